The van der Waals surface area contributed by atoms with Gasteiger partial charge in [-0.2, -0.15) is 0 Å². The number of carbonyl (C=O) groups is 3. The summed E-state index contributed by atoms with van der Waals surface area (Å²) >= 11 is 0. The Morgan fingerprint density at radius 3 is 2.54 bits per heavy atom. The van der Waals surface area contributed by atoms with Crippen LogP contribution >= 0.6 is 0 Å². The number of allylic oxidation sites excluding steroid dienone is 5. The van der Waals surface area contributed by atoms with E-state index in [1.54, 1.807) is 32.9 Å². The average molecular weight is 334 g/mol. The number of methoxy groups -OCH3 is 1. The Labute approximate surface area is 143 Å². The molecular formula is C19H26O5. The Balaban J connectivity index is 3.17. The van der Waals surface area contributed by atoms with Crippen LogP contribution in [0.1, 0.15) is 47.0 Å². The van der Waals surface area contributed by atoms with Gasteiger partial charge < -0.3 is 14.6 Å². The fraction of sp³-hybridized carbons (Fsp3) is 0.526. The maximum absolute atomic E-state index is 12.2. The van der Waals surface area contributed by atoms with Gasteiger partial charge in [-0.05, 0) is 45.3 Å². The maximum Gasteiger partial charge on any atom is 0.318 e. The molecule has 0 aromatic heterocycles. The van der Waals surface area contributed by atoms with Crippen molar-refractivity contribution in [2.45, 2.75) is 53.1 Å². The summed E-state index contributed by atoms with van der Waals surface area (Å²) in [5, 5.41) is 10.3. The first kappa shape index (κ1) is 20.0. The van der Waals surface area contributed by atoms with Gasteiger partial charge in [-0.1, -0.05) is 23.8 Å². The molecule has 0 amide bonds. The van der Waals surface area contributed by atoms with Crippen molar-refractivity contribution in [1.82, 2.24) is 0 Å². The third-order valence-electron chi connectivity index (χ3n) is 4.51. The minimum atomic E-state index is -1.27. The van der Waals surface area contributed by atoms with Crippen molar-refractivity contribution in [2.75, 3.05) is 7.11 Å². The Morgan fingerprint density at radius 1 is 1.38 bits per heavy atom. The fourth-order valence-corrected chi connectivity index (χ4v) is 2.79. The van der Waals surface area contributed by atoms with Gasteiger partial charge in [0.25, 0.3) is 0 Å². The van der Waals surface area contributed by atoms with E-state index < -0.39 is 17.5 Å². The number of aliphatic hydroxyl groups is 1. The summed E-state index contributed by atoms with van der Waals surface area (Å²) in [7, 11) is 1.26. The number of hydrogen-bond acceptors (Lipinski definition) is 5. The van der Waals surface area contributed by atoms with Gasteiger partial charge in [-0.3, -0.25) is 9.59 Å². The lowest BCUT2D eigenvalue weighted by Gasteiger charge is -2.37. The van der Waals surface area contributed by atoms with Crippen LogP contribution in [0, 0.1) is 5.41 Å². The largest absolute Gasteiger partial charge is 0.468 e. The molecule has 0 fully saturated rings. The van der Waals surface area contributed by atoms with Gasteiger partial charge in [-0.25, -0.2) is 0 Å². The van der Waals surface area contributed by atoms with Crippen molar-refractivity contribution < 1.29 is 24.2 Å². The zero-order valence-electron chi connectivity index (χ0n) is 15.0. The summed E-state index contributed by atoms with van der Waals surface area (Å²) in [5.74, 6) is -0.623. The molecule has 0 radical (unpaired) electrons. The number of hydrogen-bond donors (Lipinski definition) is 1. The summed E-state index contributed by atoms with van der Waals surface area (Å²) in [6.07, 6.45) is 5.29. The Morgan fingerprint density at radius 2 is 2.00 bits per heavy atom. The van der Waals surface area contributed by atoms with Crippen molar-refractivity contribution in [2.24, 2.45) is 5.41 Å². The number of ether oxygens (including phenoxy) is 1. The summed E-state index contributed by atoms with van der Waals surface area (Å²) in [4.78, 5) is 35.3. The summed E-state index contributed by atoms with van der Waals surface area (Å²) in [6, 6.07) is 0. The van der Waals surface area contributed by atoms with Crippen LogP contribution in [0.2, 0.25) is 0 Å². The van der Waals surface area contributed by atoms with Gasteiger partial charge in [-0.15, -0.1) is 0 Å². The second-order valence-corrected chi connectivity index (χ2v) is 6.40. The second-order valence-electron chi connectivity index (χ2n) is 6.40. The zero-order chi connectivity index (χ0) is 18.5. The average Bonchev–Trinajstić information content (AvgIpc) is 2.51. The normalized spacial score (nSPS) is 25.3. The first-order valence-corrected chi connectivity index (χ1v) is 7.99. The first-order chi connectivity index (χ1) is 11.1. The molecule has 0 aliphatic heterocycles. The van der Waals surface area contributed by atoms with Crippen molar-refractivity contribution in [3.63, 3.8) is 0 Å². The molecular weight excluding hydrogens is 308 g/mol. The van der Waals surface area contributed by atoms with Gasteiger partial charge in [0.05, 0.1) is 13.2 Å². The predicted molar refractivity (Wildman–Crippen MR) is 91.3 cm³/mol. The molecule has 0 heterocycles. The Bertz CT molecular complexity index is 624. The molecule has 0 saturated carbocycles. The number of carbonyl (C=O) groups excluding carboxylic acids is 3. The molecule has 2 unspecified atom stereocenters. The third kappa shape index (κ3) is 4.29. The molecule has 0 aromatic carbocycles. The molecule has 1 N–H and O–H groups in total. The topological polar surface area (TPSA) is 80.7 Å². The lowest BCUT2D eigenvalue weighted by atomic mass is 9.68. The molecule has 1 aliphatic rings. The second kappa shape index (κ2) is 8.20. The highest BCUT2D eigenvalue weighted by Gasteiger charge is 2.49. The highest BCUT2D eigenvalue weighted by atomic mass is 16.5. The van der Waals surface area contributed by atoms with E-state index in [1.165, 1.54) is 7.11 Å². The van der Waals surface area contributed by atoms with E-state index in [0.717, 1.165) is 5.57 Å². The molecule has 0 aromatic rings. The summed E-state index contributed by atoms with van der Waals surface area (Å²) in [5.41, 5.74) is 0.567. The van der Waals surface area contributed by atoms with E-state index in [4.69, 9.17) is 4.74 Å². The van der Waals surface area contributed by atoms with Crippen LogP contribution in [0.3, 0.4) is 0 Å². The molecule has 1 rings (SSSR count). The molecule has 5 heteroatoms. The molecule has 132 valence electrons. The SMILES string of the molecule is COC(=O)C1(C)C(C=CC(C)=CCCC(C)=O)=C(C)C(=O)CC1O. The molecule has 0 spiro atoms. The number of Topliss-reactive ketones (excluding diaryl/α,β-unsaturated/α-hetero) is 2. The van der Waals surface area contributed by atoms with Crippen LogP contribution in [-0.2, 0) is 19.1 Å². The highest BCUT2D eigenvalue weighted by molar-refractivity contribution is 6.01. The number of rotatable bonds is 6. The first-order valence-electron chi connectivity index (χ1n) is 7.99. The monoisotopic (exact) mass is 334 g/mol. The molecule has 0 saturated heterocycles. The van der Waals surface area contributed by atoms with Gasteiger partial charge in [0, 0.05) is 12.8 Å². The van der Waals surface area contributed by atoms with Gasteiger partial charge in [0.2, 0.25) is 0 Å². The Hall–Kier alpha value is -2.01. The fourth-order valence-electron chi connectivity index (χ4n) is 2.79. The van der Waals surface area contributed by atoms with E-state index in [0.29, 0.717) is 24.0 Å². The minimum Gasteiger partial charge on any atom is -0.468 e. The van der Waals surface area contributed by atoms with Crippen molar-refractivity contribution in [1.29, 1.82) is 0 Å². The lowest BCUT2D eigenvalue weighted by Crippen LogP contribution is -2.46. The number of aliphatic hydroxyl groups excluding tert-OH is 1. The predicted octanol–water partition coefficient (Wildman–Crippen LogP) is 2.69. The van der Waals surface area contributed by atoms with Crippen molar-refractivity contribution in [3.8, 4) is 0 Å². The molecule has 24 heavy (non-hydrogen) atoms. The van der Waals surface area contributed by atoms with Gasteiger partial charge in [0.1, 0.15) is 11.2 Å². The minimum absolute atomic E-state index is 0.0950. The van der Waals surface area contributed by atoms with E-state index in [-0.39, 0.29) is 18.0 Å². The van der Waals surface area contributed by atoms with E-state index in [1.807, 2.05) is 13.0 Å². The molecule has 5 nitrogen and oxygen atoms in total. The number of esters is 1. The smallest absolute Gasteiger partial charge is 0.318 e. The van der Waals surface area contributed by atoms with Crippen molar-refractivity contribution >= 4 is 17.5 Å². The van der Waals surface area contributed by atoms with E-state index >= 15 is 0 Å². The zero-order valence-corrected chi connectivity index (χ0v) is 15.0. The summed E-state index contributed by atoms with van der Waals surface area (Å²) < 4.78 is 4.84. The van der Waals surface area contributed by atoms with Crippen LogP contribution in [0.4, 0.5) is 0 Å². The van der Waals surface area contributed by atoms with Crippen LogP contribution in [0.25, 0.3) is 0 Å². The Kier molecular flexibility index (Phi) is 6.84. The van der Waals surface area contributed by atoms with Crippen LogP contribution < -0.4 is 0 Å². The van der Waals surface area contributed by atoms with Crippen LogP contribution in [-0.4, -0.2) is 35.9 Å². The van der Waals surface area contributed by atoms with Gasteiger partial charge in [0.15, 0.2) is 5.78 Å². The van der Waals surface area contributed by atoms with Gasteiger partial charge >= 0.3 is 5.97 Å². The standard InChI is InChI=1S/C19H26O5/c1-12(7-6-8-13(2)20)9-10-15-14(3)16(21)11-17(22)19(15,4)18(23)24-5/h7,9-10,17,22H,6,8,11H2,1-5H3. The molecule has 1 aliphatic carbocycles. The molecule has 2 atom stereocenters. The number of ketones is 2. The third-order valence-corrected chi connectivity index (χ3v) is 4.51. The van der Waals surface area contributed by atoms with Crippen LogP contribution in [0.5, 0.6) is 0 Å². The summed E-state index contributed by atoms with van der Waals surface area (Å²) in [6.45, 7) is 6.67. The van der Waals surface area contributed by atoms with E-state index in [2.05, 4.69) is 0 Å². The maximum atomic E-state index is 12.2. The lowest BCUT2D eigenvalue weighted by molar-refractivity contribution is -0.156. The van der Waals surface area contributed by atoms with E-state index in [9.17, 15) is 19.5 Å². The molecule has 0 bridgehead atoms. The van der Waals surface area contributed by atoms with Crippen LogP contribution in [0.15, 0.2) is 34.9 Å². The quantitative estimate of drug-likeness (QED) is 0.597. The highest BCUT2D eigenvalue weighted by Crippen LogP contribution is 2.41. The van der Waals surface area contributed by atoms with Crippen molar-refractivity contribution in [3.05, 3.63) is 34.9 Å².